The van der Waals surface area contributed by atoms with Crippen LogP contribution in [0.5, 0.6) is 5.75 Å². The molecule has 2 aromatic heterocycles. The molecule has 1 N–H and O–H groups in total. The van der Waals surface area contributed by atoms with Crippen LogP contribution in [0.1, 0.15) is 32.3 Å². The summed E-state index contributed by atoms with van der Waals surface area (Å²) in [6, 6.07) is 10.6. The number of fused-ring (bicyclic) bond motifs is 1. The van der Waals surface area contributed by atoms with Crippen molar-refractivity contribution in [1.29, 1.82) is 0 Å². The van der Waals surface area contributed by atoms with Gasteiger partial charge in [-0.3, -0.25) is 0 Å². The van der Waals surface area contributed by atoms with Crippen molar-refractivity contribution in [3.05, 3.63) is 35.9 Å². The number of morpholine rings is 2. The fourth-order valence-corrected chi connectivity index (χ4v) is 4.91. The van der Waals surface area contributed by atoms with E-state index in [9.17, 15) is 0 Å². The molecule has 37 heavy (non-hydrogen) atoms. The Balaban J connectivity index is 1.53. The van der Waals surface area contributed by atoms with Gasteiger partial charge in [0.2, 0.25) is 5.95 Å². The van der Waals surface area contributed by atoms with Crippen molar-refractivity contribution in [2.24, 2.45) is 0 Å². The number of pyridine rings is 1. The molecular weight excluding hydrogens is 468 g/mol. The summed E-state index contributed by atoms with van der Waals surface area (Å²) in [6.45, 7) is 11.2. The van der Waals surface area contributed by atoms with E-state index in [4.69, 9.17) is 29.2 Å². The molecule has 0 aliphatic carbocycles. The molecule has 2 saturated heterocycles. The summed E-state index contributed by atoms with van der Waals surface area (Å²) < 4.78 is 16.9. The fourth-order valence-electron chi connectivity index (χ4n) is 4.91. The van der Waals surface area contributed by atoms with Crippen LogP contribution in [0.3, 0.4) is 0 Å². The molecule has 2 aliphatic rings. The predicted molar refractivity (Wildman–Crippen MR) is 147 cm³/mol. The van der Waals surface area contributed by atoms with Crippen molar-refractivity contribution in [1.82, 2.24) is 20.3 Å². The van der Waals surface area contributed by atoms with Gasteiger partial charge in [0, 0.05) is 37.3 Å². The molecule has 0 radical (unpaired) electrons. The second kappa shape index (κ2) is 12.0. The zero-order chi connectivity index (χ0) is 25.6. The first-order valence-electron chi connectivity index (χ1n) is 13.4. The minimum atomic E-state index is 0.205. The first-order chi connectivity index (χ1) is 18.2. The monoisotopic (exact) mass is 506 g/mol. The van der Waals surface area contributed by atoms with Gasteiger partial charge >= 0.3 is 0 Å². The van der Waals surface area contributed by atoms with E-state index in [1.807, 2.05) is 6.07 Å². The standard InChI is InChI=1S/C28H38N6O3/c1-4-5-10-29-18-22-17-21(6-9-25(22)35-3)24-8-7-23-26(30-24)31-28(34-13-16-37-19-20(34)2)32-27(23)33-11-14-36-15-12-33/h6-9,17,20,29H,4-5,10-16,18-19H2,1-3H3/t20-/m0/s1. The van der Waals surface area contributed by atoms with Gasteiger partial charge < -0.3 is 29.3 Å². The van der Waals surface area contributed by atoms with E-state index in [1.165, 1.54) is 6.42 Å². The first-order valence-corrected chi connectivity index (χ1v) is 13.4. The smallest absolute Gasteiger partial charge is 0.229 e. The quantitative estimate of drug-likeness (QED) is 0.437. The van der Waals surface area contributed by atoms with Crippen LogP contribution in [-0.4, -0.2) is 80.7 Å². The van der Waals surface area contributed by atoms with E-state index in [0.29, 0.717) is 38.0 Å². The van der Waals surface area contributed by atoms with Crippen molar-refractivity contribution in [2.45, 2.75) is 39.3 Å². The van der Waals surface area contributed by atoms with Crippen LogP contribution in [0.4, 0.5) is 11.8 Å². The molecule has 9 heteroatoms. The average molecular weight is 507 g/mol. The number of hydrogen-bond acceptors (Lipinski definition) is 9. The molecule has 5 rings (SSSR count). The van der Waals surface area contributed by atoms with Gasteiger partial charge in [0.05, 0.1) is 50.7 Å². The molecule has 198 valence electrons. The number of anilines is 2. The normalized spacial score (nSPS) is 18.4. The number of hydrogen-bond donors (Lipinski definition) is 1. The molecule has 0 saturated carbocycles. The van der Waals surface area contributed by atoms with Gasteiger partial charge in [-0.05, 0) is 50.2 Å². The lowest BCUT2D eigenvalue weighted by molar-refractivity contribution is 0.0981. The molecule has 0 spiro atoms. The second-order valence-corrected chi connectivity index (χ2v) is 9.69. The lowest BCUT2D eigenvalue weighted by Gasteiger charge is -2.34. The molecule has 1 atom stereocenters. The largest absolute Gasteiger partial charge is 0.496 e. The van der Waals surface area contributed by atoms with Gasteiger partial charge in [0.15, 0.2) is 5.65 Å². The molecule has 0 unspecified atom stereocenters. The number of aromatic nitrogens is 3. The number of ether oxygens (including phenoxy) is 3. The Morgan fingerprint density at radius 1 is 1.03 bits per heavy atom. The topological polar surface area (TPSA) is 84.9 Å². The van der Waals surface area contributed by atoms with Crippen LogP contribution >= 0.6 is 0 Å². The maximum atomic E-state index is 5.66. The molecule has 9 nitrogen and oxygen atoms in total. The third kappa shape index (κ3) is 5.79. The van der Waals surface area contributed by atoms with Crippen molar-refractivity contribution in [3.63, 3.8) is 0 Å². The Kier molecular flexibility index (Phi) is 8.33. The summed E-state index contributed by atoms with van der Waals surface area (Å²) in [5.41, 5.74) is 3.76. The van der Waals surface area contributed by atoms with Crippen LogP contribution < -0.4 is 19.9 Å². The zero-order valence-corrected chi connectivity index (χ0v) is 22.2. The van der Waals surface area contributed by atoms with Crippen molar-refractivity contribution >= 4 is 22.8 Å². The highest BCUT2D eigenvalue weighted by Crippen LogP contribution is 2.31. The van der Waals surface area contributed by atoms with Gasteiger partial charge in [-0.25, -0.2) is 4.98 Å². The minimum Gasteiger partial charge on any atom is -0.496 e. The van der Waals surface area contributed by atoms with Gasteiger partial charge in [0.1, 0.15) is 11.6 Å². The molecule has 2 fully saturated rings. The Bertz CT molecular complexity index is 1200. The summed E-state index contributed by atoms with van der Waals surface area (Å²) in [5, 5.41) is 4.49. The average Bonchev–Trinajstić information content (AvgIpc) is 2.95. The van der Waals surface area contributed by atoms with Gasteiger partial charge in [0.25, 0.3) is 0 Å². The van der Waals surface area contributed by atoms with Crippen LogP contribution in [-0.2, 0) is 16.0 Å². The third-order valence-corrected chi connectivity index (χ3v) is 7.06. The Morgan fingerprint density at radius 3 is 2.65 bits per heavy atom. The maximum Gasteiger partial charge on any atom is 0.229 e. The van der Waals surface area contributed by atoms with Crippen LogP contribution in [0.25, 0.3) is 22.3 Å². The summed E-state index contributed by atoms with van der Waals surface area (Å²) in [4.78, 5) is 19.6. The van der Waals surface area contributed by atoms with Crippen LogP contribution in [0.2, 0.25) is 0 Å². The van der Waals surface area contributed by atoms with Crippen molar-refractivity contribution < 1.29 is 14.2 Å². The van der Waals surface area contributed by atoms with Gasteiger partial charge in [-0.2, -0.15) is 9.97 Å². The van der Waals surface area contributed by atoms with Crippen molar-refractivity contribution in [3.8, 4) is 17.0 Å². The number of methoxy groups -OCH3 is 1. The lowest BCUT2D eigenvalue weighted by Crippen LogP contribution is -2.45. The highest BCUT2D eigenvalue weighted by molar-refractivity contribution is 5.90. The number of benzene rings is 1. The number of nitrogens with one attached hydrogen (secondary N) is 1. The number of unbranched alkanes of at least 4 members (excludes halogenated alkanes) is 1. The van der Waals surface area contributed by atoms with E-state index < -0.39 is 0 Å². The molecule has 2 aliphatic heterocycles. The Hall–Kier alpha value is -3.01. The Labute approximate surface area is 219 Å². The summed E-state index contributed by atoms with van der Waals surface area (Å²) >= 11 is 0. The maximum absolute atomic E-state index is 5.66. The molecule has 1 aromatic carbocycles. The van der Waals surface area contributed by atoms with Gasteiger partial charge in [-0.1, -0.05) is 13.3 Å². The van der Waals surface area contributed by atoms with E-state index in [0.717, 1.165) is 72.9 Å². The molecule has 4 heterocycles. The summed E-state index contributed by atoms with van der Waals surface area (Å²) in [6.07, 6.45) is 2.33. The fraction of sp³-hybridized carbons (Fsp3) is 0.536. The SMILES string of the molecule is CCCCNCc1cc(-c2ccc3c(N4CCOCC4)nc(N4CCOC[C@@H]4C)nc3n2)ccc1OC. The Morgan fingerprint density at radius 2 is 1.86 bits per heavy atom. The third-order valence-electron chi connectivity index (χ3n) is 7.06. The lowest BCUT2D eigenvalue weighted by atomic mass is 10.1. The predicted octanol–water partition coefficient (Wildman–Crippen LogP) is 3.65. The summed E-state index contributed by atoms with van der Waals surface area (Å²) in [7, 11) is 1.72. The van der Waals surface area contributed by atoms with Crippen molar-refractivity contribution in [2.75, 3.05) is 69.5 Å². The summed E-state index contributed by atoms with van der Waals surface area (Å²) in [5.74, 6) is 2.52. The molecule has 0 bridgehead atoms. The van der Waals surface area contributed by atoms with E-state index in [2.05, 4.69) is 53.2 Å². The van der Waals surface area contributed by atoms with E-state index in [1.54, 1.807) is 7.11 Å². The number of nitrogens with zero attached hydrogens (tertiary/aromatic N) is 5. The van der Waals surface area contributed by atoms with E-state index >= 15 is 0 Å². The number of rotatable bonds is 9. The second-order valence-electron chi connectivity index (χ2n) is 9.69. The zero-order valence-electron chi connectivity index (χ0n) is 22.2. The van der Waals surface area contributed by atoms with Gasteiger partial charge in [-0.15, -0.1) is 0 Å². The van der Waals surface area contributed by atoms with E-state index in [-0.39, 0.29) is 6.04 Å². The first kappa shape index (κ1) is 25.6. The van der Waals surface area contributed by atoms with Crippen LogP contribution in [0.15, 0.2) is 30.3 Å². The molecule has 3 aromatic rings. The highest BCUT2D eigenvalue weighted by Gasteiger charge is 2.25. The van der Waals surface area contributed by atoms with Crippen LogP contribution in [0, 0.1) is 0 Å². The minimum absolute atomic E-state index is 0.205. The highest BCUT2D eigenvalue weighted by atomic mass is 16.5. The molecular formula is C28H38N6O3. The molecule has 0 amide bonds.